The number of rotatable bonds is 4. The minimum Gasteiger partial charge on any atom is -0.323 e. The van der Waals surface area contributed by atoms with Crippen molar-refractivity contribution in [3.05, 3.63) is 47.5 Å². The first-order valence-electron chi connectivity index (χ1n) is 6.55. The number of benzene rings is 1. The van der Waals surface area contributed by atoms with Crippen LogP contribution in [0.15, 0.2) is 30.7 Å². The van der Waals surface area contributed by atoms with E-state index < -0.39 is 0 Å². The normalized spacial score (nSPS) is 12.7. The molecule has 0 saturated carbocycles. The van der Waals surface area contributed by atoms with Crippen LogP contribution in [0, 0.1) is 6.92 Å². The van der Waals surface area contributed by atoms with E-state index in [0.29, 0.717) is 0 Å². The van der Waals surface area contributed by atoms with Gasteiger partial charge in [-0.2, -0.15) is 0 Å². The molecule has 0 fully saturated rings. The average Bonchev–Trinajstić information content (AvgIpc) is 2.86. The Labute approximate surface area is 109 Å². The molecule has 0 saturated heterocycles. The molecule has 18 heavy (non-hydrogen) atoms. The Balaban J connectivity index is 2.43. The van der Waals surface area contributed by atoms with E-state index in [-0.39, 0.29) is 6.04 Å². The maximum atomic E-state index is 6.11. The van der Waals surface area contributed by atoms with Gasteiger partial charge in [0.15, 0.2) is 0 Å². The van der Waals surface area contributed by atoms with Crippen LogP contribution in [0.2, 0.25) is 0 Å². The number of aryl methyl sites for hydroxylation is 2. The quantitative estimate of drug-likeness (QED) is 0.896. The molecule has 1 aromatic heterocycles. The van der Waals surface area contributed by atoms with E-state index in [1.807, 2.05) is 12.5 Å². The maximum absolute atomic E-state index is 6.11. The summed E-state index contributed by atoms with van der Waals surface area (Å²) in [5, 5.41) is 0. The second-order valence-electron chi connectivity index (χ2n) is 4.67. The van der Waals surface area contributed by atoms with Gasteiger partial charge >= 0.3 is 0 Å². The van der Waals surface area contributed by atoms with E-state index in [2.05, 4.69) is 48.5 Å². The Hall–Kier alpha value is -1.61. The minimum atomic E-state index is 0.0404. The fourth-order valence-electron chi connectivity index (χ4n) is 2.23. The lowest BCUT2D eigenvalue weighted by molar-refractivity contribution is 0.659. The van der Waals surface area contributed by atoms with Crippen molar-refractivity contribution in [3.63, 3.8) is 0 Å². The maximum Gasteiger partial charge on any atom is 0.0994 e. The fourth-order valence-corrected chi connectivity index (χ4v) is 2.23. The molecule has 96 valence electrons. The number of imidazole rings is 1. The molecule has 2 aromatic rings. The standard InChI is InChI=1S/C15H21N3/c1-4-12-6-7-13(8-11(12)3)18-10-17-9-15(18)14(16)5-2/h6-10,14H,4-5,16H2,1-3H3/t14-/m1/s1. The topological polar surface area (TPSA) is 43.8 Å². The van der Waals surface area contributed by atoms with Crippen LogP contribution >= 0.6 is 0 Å². The van der Waals surface area contributed by atoms with Crippen LogP contribution in [0.1, 0.15) is 43.1 Å². The van der Waals surface area contributed by atoms with Crippen LogP contribution in [0.25, 0.3) is 5.69 Å². The van der Waals surface area contributed by atoms with Crippen molar-refractivity contribution in [2.75, 3.05) is 0 Å². The largest absolute Gasteiger partial charge is 0.323 e. The van der Waals surface area contributed by atoms with Crippen molar-refractivity contribution in [1.29, 1.82) is 0 Å². The molecule has 0 spiro atoms. The molecule has 0 aliphatic heterocycles. The van der Waals surface area contributed by atoms with E-state index in [1.54, 1.807) is 0 Å². The summed E-state index contributed by atoms with van der Waals surface area (Å²) in [6.07, 6.45) is 5.68. The number of hydrogen-bond donors (Lipinski definition) is 1. The van der Waals surface area contributed by atoms with Crippen LogP contribution in [-0.2, 0) is 6.42 Å². The molecular weight excluding hydrogens is 222 g/mol. The molecule has 0 aliphatic rings. The van der Waals surface area contributed by atoms with Gasteiger partial charge in [0.2, 0.25) is 0 Å². The van der Waals surface area contributed by atoms with Crippen molar-refractivity contribution in [3.8, 4) is 5.69 Å². The van der Waals surface area contributed by atoms with Gasteiger partial charge in [-0.05, 0) is 43.0 Å². The van der Waals surface area contributed by atoms with Gasteiger partial charge in [0, 0.05) is 11.7 Å². The fraction of sp³-hybridized carbons (Fsp3) is 0.400. The van der Waals surface area contributed by atoms with Gasteiger partial charge < -0.3 is 10.3 Å². The summed E-state index contributed by atoms with van der Waals surface area (Å²) in [5.74, 6) is 0. The highest BCUT2D eigenvalue weighted by Crippen LogP contribution is 2.20. The van der Waals surface area contributed by atoms with E-state index in [9.17, 15) is 0 Å². The molecule has 0 unspecified atom stereocenters. The van der Waals surface area contributed by atoms with Crippen LogP contribution in [0.3, 0.4) is 0 Å². The first-order chi connectivity index (χ1) is 8.67. The third kappa shape index (κ3) is 2.31. The third-order valence-corrected chi connectivity index (χ3v) is 3.47. The van der Waals surface area contributed by atoms with Gasteiger partial charge in [-0.25, -0.2) is 4.98 Å². The van der Waals surface area contributed by atoms with Crippen molar-refractivity contribution in [1.82, 2.24) is 9.55 Å². The van der Waals surface area contributed by atoms with Gasteiger partial charge in [-0.1, -0.05) is 19.9 Å². The molecular formula is C15H21N3. The first kappa shape index (κ1) is 12.8. The van der Waals surface area contributed by atoms with Crippen molar-refractivity contribution >= 4 is 0 Å². The zero-order chi connectivity index (χ0) is 13.1. The molecule has 0 radical (unpaired) electrons. The van der Waals surface area contributed by atoms with E-state index in [1.165, 1.54) is 11.1 Å². The SMILES string of the molecule is CCc1ccc(-n2cncc2[C@H](N)CC)cc1C. The molecule has 0 amide bonds. The monoisotopic (exact) mass is 243 g/mol. The molecule has 3 nitrogen and oxygen atoms in total. The summed E-state index contributed by atoms with van der Waals surface area (Å²) >= 11 is 0. The summed E-state index contributed by atoms with van der Waals surface area (Å²) in [7, 11) is 0. The summed E-state index contributed by atoms with van der Waals surface area (Å²) < 4.78 is 2.08. The predicted octanol–water partition coefficient (Wildman–Crippen LogP) is 3.15. The lowest BCUT2D eigenvalue weighted by atomic mass is 10.1. The van der Waals surface area contributed by atoms with Gasteiger partial charge in [0.25, 0.3) is 0 Å². The molecule has 0 aliphatic carbocycles. The highest BCUT2D eigenvalue weighted by Gasteiger charge is 2.11. The third-order valence-electron chi connectivity index (χ3n) is 3.47. The Morgan fingerprint density at radius 1 is 1.33 bits per heavy atom. The van der Waals surface area contributed by atoms with Gasteiger partial charge in [-0.15, -0.1) is 0 Å². The molecule has 1 atom stereocenters. The Morgan fingerprint density at radius 3 is 2.72 bits per heavy atom. The number of aromatic nitrogens is 2. The first-order valence-corrected chi connectivity index (χ1v) is 6.55. The highest BCUT2D eigenvalue weighted by molar-refractivity contribution is 5.41. The number of nitrogens with two attached hydrogens (primary N) is 1. The van der Waals surface area contributed by atoms with Crippen LogP contribution in [-0.4, -0.2) is 9.55 Å². The molecule has 1 heterocycles. The summed E-state index contributed by atoms with van der Waals surface area (Å²) in [6.45, 7) is 6.42. The zero-order valence-electron chi connectivity index (χ0n) is 11.4. The average molecular weight is 243 g/mol. The van der Waals surface area contributed by atoms with Crippen LogP contribution in [0.4, 0.5) is 0 Å². The zero-order valence-corrected chi connectivity index (χ0v) is 11.4. The predicted molar refractivity (Wildman–Crippen MR) is 74.9 cm³/mol. The second-order valence-corrected chi connectivity index (χ2v) is 4.67. The van der Waals surface area contributed by atoms with Crippen molar-refractivity contribution < 1.29 is 0 Å². The molecule has 0 bridgehead atoms. The second kappa shape index (κ2) is 5.36. The summed E-state index contributed by atoms with van der Waals surface area (Å²) in [5.41, 5.74) is 11.0. The Bertz CT molecular complexity index is 528. The van der Waals surface area contributed by atoms with Gasteiger partial charge in [0.1, 0.15) is 0 Å². The number of hydrogen-bond acceptors (Lipinski definition) is 2. The highest BCUT2D eigenvalue weighted by atomic mass is 15.1. The smallest absolute Gasteiger partial charge is 0.0994 e. The molecule has 1 aromatic carbocycles. The van der Waals surface area contributed by atoms with E-state index in [0.717, 1.165) is 24.2 Å². The van der Waals surface area contributed by atoms with Gasteiger partial charge in [-0.3, -0.25) is 0 Å². The minimum absolute atomic E-state index is 0.0404. The molecule has 2 N–H and O–H groups in total. The lowest BCUT2D eigenvalue weighted by Gasteiger charge is -2.14. The van der Waals surface area contributed by atoms with Crippen molar-refractivity contribution in [2.24, 2.45) is 5.73 Å². The van der Waals surface area contributed by atoms with Crippen LogP contribution in [0.5, 0.6) is 0 Å². The molecule has 2 rings (SSSR count). The summed E-state index contributed by atoms with van der Waals surface area (Å²) in [4.78, 5) is 4.22. The number of nitrogens with zero attached hydrogens (tertiary/aromatic N) is 2. The Kier molecular flexibility index (Phi) is 3.82. The van der Waals surface area contributed by atoms with Gasteiger partial charge in [0.05, 0.1) is 18.2 Å². The van der Waals surface area contributed by atoms with Crippen LogP contribution < -0.4 is 5.73 Å². The Morgan fingerprint density at radius 2 is 2.11 bits per heavy atom. The van der Waals surface area contributed by atoms with E-state index in [4.69, 9.17) is 5.73 Å². The summed E-state index contributed by atoms with van der Waals surface area (Å²) in [6, 6.07) is 6.57. The molecule has 3 heteroatoms. The van der Waals surface area contributed by atoms with E-state index >= 15 is 0 Å². The van der Waals surface area contributed by atoms with Crippen molar-refractivity contribution in [2.45, 2.75) is 39.7 Å². The lowest BCUT2D eigenvalue weighted by Crippen LogP contribution is -2.13.